The third-order valence-corrected chi connectivity index (χ3v) is 1.13. The number of carbonyl (C=O) groups excluding carboxylic acids is 1. The molecule has 1 amide bonds. The highest BCUT2D eigenvalue weighted by Gasteiger charge is 2.15. The normalized spacial score (nSPS) is 12.8. The molecule has 0 saturated carbocycles. The maximum absolute atomic E-state index is 10.1. The molecule has 0 radical (unpaired) electrons. The van der Waals surface area contributed by atoms with Gasteiger partial charge in [-0.1, -0.05) is 0 Å². The zero-order chi connectivity index (χ0) is 9.07. The van der Waals surface area contributed by atoms with E-state index >= 15 is 0 Å². The molecule has 0 aromatic rings. The zero-order valence-corrected chi connectivity index (χ0v) is 6.62. The summed E-state index contributed by atoms with van der Waals surface area (Å²) < 4.78 is 14.1. The number of amides is 1. The Morgan fingerprint density at radius 3 is 2.36 bits per heavy atom. The number of nitrogens with two attached hydrogens (primary N) is 1. The minimum atomic E-state index is -4.55. The van der Waals surface area contributed by atoms with Gasteiger partial charge in [-0.3, -0.25) is 14.6 Å². The van der Waals surface area contributed by atoms with Crippen LogP contribution < -0.4 is 5.73 Å². The molecular formula is C4H8NO5P. The molecule has 0 aliphatic rings. The van der Waals surface area contributed by atoms with Gasteiger partial charge in [0, 0.05) is 6.08 Å². The molecule has 0 aliphatic carbocycles. The van der Waals surface area contributed by atoms with Crippen LogP contribution in [-0.2, 0) is 13.9 Å². The van der Waals surface area contributed by atoms with E-state index in [4.69, 9.17) is 9.79 Å². The molecule has 0 spiro atoms. The van der Waals surface area contributed by atoms with Crippen LogP contribution in [-0.4, -0.2) is 15.7 Å². The molecular weight excluding hydrogens is 173 g/mol. The largest absolute Gasteiger partial charge is 0.524 e. The second-order valence-corrected chi connectivity index (χ2v) is 2.90. The third kappa shape index (κ3) is 7.05. The molecule has 0 fully saturated rings. The average molecular weight is 181 g/mol. The summed E-state index contributed by atoms with van der Waals surface area (Å²) in [4.78, 5) is 26.5. The fraction of sp³-hybridized carbons (Fsp3) is 0.250. The van der Waals surface area contributed by atoms with Crippen molar-refractivity contribution in [2.75, 3.05) is 0 Å². The van der Waals surface area contributed by atoms with Crippen molar-refractivity contribution in [2.45, 2.75) is 6.92 Å². The van der Waals surface area contributed by atoms with Gasteiger partial charge in [-0.2, -0.15) is 0 Å². The van der Waals surface area contributed by atoms with Crippen molar-refractivity contribution < 1.29 is 23.7 Å². The minimum Gasteiger partial charge on any atom is -0.409 e. The van der Waals surface area contributed by atoms with E-state index in [2.05, 4.69) is 10.3 Å². The Hall–Kier alpha value is -0.840. The highest BCUT2D eigenvalue weighted by Crippen LogP contribution is 2.38. The van der Waals surface area contributed by atoms with Crippen molar-refractivity contribution in [3.63, 3.8) is 0 Å². The number of rotatable bonds is 3. The second kappa shape index (κ2) is 3.52. The first-order valence-corrected chi connectivity index (χ1v) is 4.07. The highest BCUT2D eigenvalue weighted by molar-refractivity contribution is 7.46. The predicted octanol–water partition coefficient (Wildman–Crippen LogP) is -0.515. The summed E-state index contributed by atoms with van der Waals surface area (Å²) in [7, 11) is -4.55. The summed E-state index contributed by atoms with van der Waals surface area (Å²) in [5, 5.41) is 0. The van der Waals surface area contributed by atoms with E-state index in [9.17, 15) is 9.36 Å². The minimum absolute atomic E-state index is 0.217. The van der Waals surface area contributed by atoms with Gasteiger partial charge in [0.15, 0.2) is 0 Å². The van der Waals surface area contributed by atoms with Gasteiger partial charge in [-0.25, -0.2) is 4.57 Å². The van der Waals surface area contributed by atoms with E-state index in [1.165, 1.54) is 6.92 Å². The van der Waals surface area contributed by atoms with Crippen LogP contribution in [0.15, 0.2) is 11.8 Å². The summed E-state index contributed by atoms with van der Waals surface area (Å²) in [6, 6.07) is 0. The zero-order valence-electron chi connectivity index (χ0n) is 5.72. The van der Waals surface area contributed by atoms with Gasteiger partial charge in [0.25, 0.3) is 0 Å². The first kappa shape index (κ1) is 10.2. The fourth-order valence-electron chi connectivity index (χ4n) is 0.414. The maximum atomic E-state index is 10.1. The van der Waals surface area contributed by atoms with E-state index in [1.54, 1.807) is 0 Å². The Labute approximate surface area is 62.9 Å². The van der Waals surface area contributed by atoms with Crippen molar-refractivity contribution >= 4 is 13.7 Å². The average Bonchev–Trinajstić information content (AvgIpc) is 1.53. The van der Waals surface area contributed by atoms with Crippen LogP contribution in [0.3, 0.4) is 0 Å². The third-order valence-electron chi connectivity index (χ3n) is 0.608. The number of hydrogen-bond donors (Lipinski definition) is 3. The predicted molar refractivity (Wildman–Crippen MR) is 36.1 cm³/mol. The lowest BCUT2D eigenvalue weighted by molar-refractivity contribution is -0.113. The smallest absolute Gasteiger partial charge is 0.409 e. The van der Waals surface area contributed by atoms with Gasteiger partial charge in [-0.05, 0) is 6.92 Å². The lowest BCUT2D eigenvalue weighted by Gasteiger charge is -2.04. The first-order chi connectivity index (χ1) is 4.81. The van der Waals surface area contributed by atoms with Crippen LogP contribution in [0, 0.1) is 0 Å². The number of hydrogen-bond acceptors (Lipinski definition) is 3. The molecule has 0 heterocycles. The van der Waals surface area contributed by atoms with Gasteiger partial charge in [0.05, 0.1) is 0 Å². The Morgan fingerprint density at radius 2 is 2.09 bits per heavy atom. The Kier molecular flexibility index (Phi) is 3.25. The lowest BCUT2D eigenvalue weighted by Crippen LogP contribution is -2.07. The SMILES string of the molecule is CC(=CC(N)=O)OP(=O)(O)O. The van der Waals surface area contributed by atoms with Crippen LogP contribution in [0.1, 0.15) is 6.92 Å². The lowest BCUT2D eigenvalue weighted by atomic mass is 10.5. The van der Waals surface area contributed by atoms with E-state index in [1.807, 2.05) is 0 Å². The molecule has 0 rings (SSSR count). The van der Waals surface area contributed by atoms with Crippen LogP contribution in [0.2, 0.25) is 0 Å². The summed E-state index contributed by atoms with van der Waals surface area (Å²) in [6.07, 6.45) is 0.777. The van der Waals surface area contributed by atoms with Crippen molar-refractivity contribution in [1.82, 2.24) is 0 Å². The summed E-state index contributed by atoms with van der Waals surface area (Å²) in [5.74, 6) is -1.04. The van der Waals surface area contributed by atoms with Gasteiger partial charge >= 0.3 is 7.82 Å². The van der Waals surface area contributed by atoms with Crippen molar-refractivity contribution in [3.8, 4) is 0 Å². The van der Waals surface area contributed by atoms with Crippen molar-refractivity contribution in [2.24, 2.45) is 5.73 Å². The fourth-order valence-corrected chi connectivity index (χ4v) is 0.842. The number of phosphoric ester groups is 1. The van der Waals surface area contributed by atoms with E-state index in [0.717, 1.165) is 6.08 Å². The molecule has 0 atom stereocenters. The van der Waals surface area contributed by atoms with Gasteiger partial charge in [0.1, 0.15) is 5.76 Å². The number of allylic oxidation sites excluding steroid dienone is 1. The molecule has 0 unspecified atom stereocenters. The topological polar surface area (TPSA) is 110 Å². The van der Waals surface area contributed by atoms with Crippen LogP contribution in [0.4, 0.5) is 0 Å². The maximum Gasteiger partial charge on any atom is 0.524 e. The molecule has 0 aromatic heterocycles. The molecule has 64 valence electrons. The van der Waals surface area contributed by atoms with Crippen LogP contribution in [0.25, 0.3) is 0 Å². The quantitative estimate of drug-likeness (QED) is 0.308. The standard InChI is InChI=1S/C4H8NO5P/c1-3(2-4(5)6)10-11(7,8)9/h2H,1H3,(H2,5,6)(H2,7,8,9). The Bertz CT molecular complexity index is 229. The summed E-state index contributed by atoms with van der Waals surface area (Å²) >= 11 is 0. The molecule has 11 heavy (non-hydrogen) atoms. The first-order valence-electron chi connectivity index (χ1n) is 2.54. The van der Waals surface area contributed by atoms with E-state index < -0.39 is 13.7 Å². The summed E-state index contributed by atoms with van der Waals surface area (Å²) in [5.41, 5.74) is 4.66. The van der Waals surface area contributed by atoms with E-state index in [0.29, 0.717) is 0 Å². The molecule has 0 aromatic carbocycles. The highest BCUT2D eigenvalue weighted by atomic mass is 31.2. The Morgan fingerprint density at radius 1 is 1.64 bits per heavy atom. The summed E-state index contributed by atoms with van der Waals surface area (Å²) in [6.45, 7) is 1.21. The molecule has 6 nitrogen and oxygen atoms in total. The molecule has 0 bridgehead atoms. The Balaban J connectivity index is 4.19. The monoisotopic (exact) mass is 181 g/mol. The van der Waals surface area contributed by atoms with Crippen molar-refractivity contribution in [1.29, 1.82) is 0 Å². The van der Waals surface area contributed by atoms with Crippen molar-refractivity contribution in [3.05, 3.63) is 11.8 Å². The van der Waals surface area contributed by atoms with Crippen LogP contribution in [0.5, 0.6) is 0 Å². The van der Waals surface area contributed by atoms with Gasteiger partial charge in [-0.15, -0.1) is 0 Å². The van der Waals surface area contributed by atoms with Crippen LogP contribution >= 0.6 is 7.82 Å². The molecule has 0 saturated heterocycles. The second-order valence-electron chi connectivity index (χ2n) is 1.74. The molecule has 0 aliphatic heterocycles. The van der Waals surface area contributed by atoms with E-state index in [-0.39, 0.29) is 5.76 Å². The number of primary amides is 1. The molecule has 4 N–H and O–H groups in total. The number of phosphoric acid groups is 1. The van der Waals surface area contributed by atoms with Gasteiger partial charge in [0.2, 0.25) is 5.91 Å². The van der Waals surface area contributed by atoms with Gasteiger partial charge < -0.3 is 10.3 Å². The molecule has 7 heteroatoms. The number of carbonyl (C=O) groups is 1.